The minimum atomic E-state index is 0.494. The first-order valence-corrected chi connectivity index (χ1v) is 8.25. The molecule has 1 heterocycles. The van der Waals surface area contributed by atoms with Gasteiger partial charge in [-0.15, -0.1) is 0 Å². The van der Waals surface area contributed by atoms with Crippen LogP contribution < -0.4 is 5.32 Å². The lowest BCUT2D eigenvalue weighted by Gasteiger charge is -2.41. The van der Waals surface area contributed by atoms with Crippen LogP contribution in [0.4, 0.5) is 0 Å². The topological polar surface area (TPSA) is 15.3 Å². The molecule has 0 radical (unpaired) electrons. The van der Waals surface area contributed by atoms with Crippen molar-refractivity contribution in [3.05, 3.63) is 0 Å². The van der Waals surface area contributed by atoms with Gasteiger partial charge in [-0.2, -0.15) is 0 Å². The minimum Gasteiger partial charge on any atom is -0.316 e. The summed E-state index contributed by atoms with van der Waals surface area (Å²) < 4.78 is 0. The van der Waals surface area contributed by atoms with Crippen LogP contribution in [0, 0.1) is 17.3 Å². The highest BCUT2D eigenvalue weighted by Gasteiger charge is 2.29. The molecule has 1 N–H and O–H groups in total. The molecule has 2 heteroatoms. The summed E-state index contributed by atoms with van der Waals surface area (Å²) >= 11 is 0. The monoisotopic (exact) mass is 268 g/mol. The normalized spacial score (nSPS) is 21.0. The van der Waals surface area contributed by atoms with Gasteiger partial charge < -0.3 is 10.2 Å². The van der Waals surface area contributed by atoms with Gasteiger partial charge in [-0.3, -0.25) is 0 Å². The van der Waals surface area contributed by atoms with E-state index in [0.29, 0.717) is 5.41 Å². The van der Waals surface area contributed by atoms with Gasteiger partial charge in [0.25, 0.3) is 0 Å². The molecule has 0 amide bonds. The molecule has 1 fully saturated rings. The molecule has 1 aliphatic rings. The number of nitrogens with zero attached hydrogens (tertiary/aromatic N) is 1. The summed E-state index contributed by atoms with van der Waals surface area (Å²) in [6.07, 6.45) is 4.05. The highest BCUT2D eigenvalue weighted by atomic mass is 15.2. The van der Waals surface area contributed by atoms with Gasteiger partial charge in [0.15, 0.2) is 0 Å². The molecular formula is C17H36N2. The Morgan fingerprint density at radius 3 is 2.16 bits per heavy atom. The first kappa shape index (κ1) is 17.0. The van der Waals surface area contributed by atoms with Crippen LogP contribution in [0.3, 0.4) is 0 Å². The second-order valence-electron chi connectivity index (χ2n) is 7.91. The van der Waals surface area contributed by atoms with Gasteiger partial charge in [-0.05, 0) is 69.6 Å². The first-order valence-electron chi connectivity index (χ1n) is 8.25. The van der Waals surface area contributed by atoms with Crippen molar-refractivity contribution in [1.29, 1.82) is 0 Å². The van der Waals surface area contributed by atoms with E-state index in [1.807, 2.05) is 0 Å². The van der Waals surface area contributed by atoms with Crippen LogP contribution in [-0.4, -0.2) is 37.1 Å². The second kappa shape index (κ2) is 7.64. The van der Waals surface area contributed by atoms with Gasteiger partial charge in [-0.25, -0.2) is 0 Å². The Kier molecular flexibility index (Phi) is 6.82. The molecule has 0 aromatic carbocycles. The molecule has 1 unspecified atom stereocenters. The minimum absolute atomic E-state index is 0.494. The van der Waals surface area contributed by atoms with E-state index in [0.717, 1.165) is 24.4 Å². The van der Waals surface area contributed by atoms with Gasteiger partial charge in [0.2, 0.25) is 0 Å². The average molecular weight is 268 g/mol. The molecule has 114 valence electrons. The molecule has 1 rings (SSSR count). The third-order valence-corrected chi connectivity index (χ3v) is 4.67. The molecule has 0 bridgehead atoms. The zero-order valence-electron chi connectivity index (χ0n) is 14.1. The molecule has 0 aromatic rings. The Morgan fingerprint density at radius 2 is 1.68 bits per heavy atom. The third-order valence-electron chi connectivity index (χ3n) is 4.67. The number of nitrogens with one attached hydrogen (secondary N) is 1. The third kappa shape index (κ3) is 6.27. The Labute approximate surface area is 121 Å². The van der Waals surface area contributed by atoms with Crippen molar-refractivity contribution < 1.29 is 0 Å². The van der Waals surface area contributed by atoms with Crippen LogP contribution in [0.15, 0.2) is 0 Å². The van der Waals surface area contributed by atoms with Crippen molar-refractivity contribution in [1.82, 2.24) is 10.2 Å². The molecule has 0 aliphatic carbocycles. The maximum atomic E-state index is 3.56. The largest absolute Gasteiger partial charge is 0.316 e. The standard InChI is InChI=1S/C17H36N2/c1-14(2)13-18-10-7-15(3)19-11-8-16(9-12-19)17(4,5)6/h14-16,18H,7-13H2,1-6H3. The van der Waals surface area contributed by atoms with Gasteiger partial charge in [0.05, 0.1) is 0 Å². The zero-order valence-corrected chi connectivity index (χ0v) is 14.1. The molecule has 1 atom stereocenters. The molecule has 1 aliphatic heterocycles. The Morgan fingerprint density at radius 1 is 1.11 bits per heavy atom. The Hall–Kier alpha value is -0.0800. The van der Waals surface area contributed by atoms with E-state index in [9.17, 15) is 0 Å². The second-order valence-corrected chi connectivity index (χ2v) is 7.91. The maximum absolute atomic E-state index is 3.56. The van der Waals surface area contributed by atoms with E-state index in [1.54, 1.807) is 0 Å². The molecule has 0 saturated carbocycles. The van der Waals surface area contributed by atoms with E-state index < -0.39 is 0 Å². The van der Waals surface area contributed by atoms with Crippen LogP contribution in [0.5, 0.6) is 0 Å². The molecular weight excluding hydrogens is 232 g/mol. The molecule has 0 spiro atoms. The van der Waals surface area contributed by atoms with Crippen molar-refractivity contribution >= 4 is 0 Å². The number of hydrogen-bond donors (Lipinski definition) is 1. The van der Waals surface area contributed by atoms with Crippen LogP contribution >= 0.6 is 0 Å². The summed E-state index contributed by atoms with van der Waals surface area (Å²) in [5.74, 6) is 1.67. The fourth-order valence-electron chi connectivity index (χ4n) is 3.09. The van der Waals surface area contributed by atoms with E-state index >= 15 is 0 Å². The summed E-state index contributed by atoms with van der Waals surface area (Å²) in [7, 11) is 0. The summed E-state index contributed by atoms with van der Waals surface area (Å²) in [6.45, 7) is 19.0. The highest BCUT2D eigenvalue weighted by Crippen LogP contribution is 2.34. The fraction of sp³-hybridized carbons (Fsp3) is 1.00. The smallest absolute Gasteiger partial charge is 0.00790 e. The number of rotatable bonds is 6. The number of piperidine rings is 1. The Bertz CT molecular complexity index is 234. The van der Waals surface area contributed by atoms with Crippen molar-refractivity contribution in [2.75, 3.05) is 26.2 Å². The summed E-state index contributed by atoms with van der Waals surface area (Å²) in [5.41, 5.74) is 0.494. The number of hydrogen-bond acceptors (Lipinski definition) is 2. The van der Waals surface area contributed by atoms with Gasteiger partial charge in [0, 0.05) is 6.04 Å². The van der Waals surface area contributed by atoms with Gasteiger partial charge in [0.1, 0.15) is 0 Å². The van der Waals surface area contributed by atoms with Gasteiger partial charge >= 0.3 is 0 Å². The van der Waals surface area contributed by atoms with Crippen LogP contribution in [0.2, 0.25) is 0 Å². The fourth-order valence-corrected chi connectivity index (χ4v) is 3.09. The summed E-state index contributed by atoms with van der Waals surface area (Å²) in [4.78, 5) is 2.69. The predicted octanol–water partition coefficient (Wildman–Crippen LogP) is 3.77. The Balaban J connectivity index is 2.20. The first-order chi connectivity index (χ1) is 8.80. The SMILES string of the molecule is CC(C)CNCCC(C)N1CCC(C(C)(C)C)CC1. The summed E-state index contributed by atoms with van der Waals surface area (Å²) in [5, 5.41) is 3.56. The lowest BCUT2D eigenvalue weighted by molar-refractivity contribution is 0.0850. The van der Waals surface area contributed by atoms with Gasteiger partial charge in [-0.1, -0.05) is 34.6 Å². The highest BCUT2D eigenvalue weighted by molar-refractivity contribution is 4.82. The predicted molar refractivity (Wildman–Crippen MR) is 85.5 cm³/mol. The molecule has 19 heavy (non-hydrogen) atoms. The van der Waals surface area contributed by atoms with Crippen molar-refractivity contribution in [2.24, 2.45) is 17.3 Å². The van der Waals surface area contributed by atoms with Crippen LogP contribution in [-0.2, 0) is 0 Å². The zero-order chi connectivity index (χ0) is 14.5. The van der Waals surface area contributed by atoms with Crippen LogP contribution in [0.1, 0.15) is 60.8 Å². The van der Waals surface area contributed by atoms with Crippen molar-refractivity contribution in [3.63, 3.8) is 0 Å². The molecule has 0 aromatic heterocycles. The number of likely N-dealkylation sites (tertiary alicyclic amines) is 1. The maximum Gasteiger partial charge on any atom is 0.00790 e. The lowest BCUT2D eigenvalue weighted by atomic mass is 9.75. The molecule has 1 saturated heterocycles. The van der Waals surface area contributed by atoms with Crippen molar-refractivity contribution in [2.45, 2.75) is 66.8 Å². The van der Waals surface area contributed by atoms with E-state index in [4.69, 9.17) is 0 Å². The summed E-state index contributed by atoms with van der Waals surface area (Å²) in [6, 6.07) is 0.737. The average Bonchev–Trinajstić information content (AvgIpc) is 2.33. The van der Waals surface area contributed by atoms with E-state index in [1.165, 1.54) is 38.9 Å². The van der Waals surface area contributed by atoms with E-state index in [2.05, 4.69) is 51.8 Å². The quantitative estimate of drug-likeness (QED) is 0.738. The molecule has 2 nitrogen and oxygen atoms in total. The van der Waals surface area contributed by atoms with Crippen LogP contribution in [0.25, 0.3) is 0 Å². The lowest BCUT2D eigenvalue weighted by Crippen LogP contribution is -2.43. The van der Waals surface area contributed by atoms with Crippen molar-refractivity contribution in [3.8, 4) is 0 Å². The van der Waals surface area contributed by atoms with E-state index in [-0.39, 0.29) is 0 Å².